The number of nitriles is 1. The maximum absolute atomic E-state index is 8.81. The van der Waals surface area contributed by atoms with Gasteiger partial charge in [-0.1, -0.05) is 35.6 Å². The highest BCUT2D eigenvalue weighted by molar-refractivity contribution is 7.18. The molecule has 3 aromatic rings. The molecule has 92 valence electrons. The highest BCUT2D eigenvalue weighted by Crippen LogP contribution is 2.21. The highest BCUT2D eigenvalue weighted by atomic mass is 32.1. The van der Waals surface area contributed by atoms with Gasteiger partial charge in [-0.05, 0) is 23.8 Å². The molecule has 19 heavy (non-hydrogen) atoms. The molecule has 0 saturated heterocycles. The number of aromatic nitrogens is 1. The van der Waals surface area contributed by atoms with Crippen molar-refractivity contribution < 1.29 is 4.57 Å². The third-order valence-corrected chi connectivity index (χ3v) is 4.49. The predicted octanol–water partition coefficient (Wildman–Crippen LogP) is 3.19. The first kappa shape index (κ1) is 11.9. The number of para-hydroxylation sites is 1. The average Bonchev–Trinajstić information content (AvgIpc) is 2.77. The van der Waals surface area contributed by atoms with Crippen LogP contribution in [0.3, 0.4) is 0 Å². The van der Waals surface area contributed by atoms with E-state index in [1.807, 2.05) is 35.6 Å². The van der Waals surface area contributed by atoms with Crippen LogP contribution in [-0.2, 0) is 13.5 Å². The quantitative estimate of drug-likeness (QED) is 0.654. The maximum atomic E-state index is 8.81. The molecule has 0 fully saturated rings. The van der Waals surface area contributed by atoms with Crippen molar-refractivity contribution >= 4 is 21.6 Å². The number of rotatable bonds is 2. The van der Waals surface area contributed by atoms with Crippen LogP contribution in [0.5, 0.6) is 0 Å². The molecule has 1 aromatic heterocycles. The predicted molar refractivity (Wildman–Crippen MR) is 77.0 cm³/mol. The van der Waals surface area contributed by atoms with Crippen molar-refractivity contribution in [2.24, 2.45) is 7.05 Å². The van der Waals surface area contributed by atoms with E-state index in [1.54, 1.807) is 0 Å². The van der Waals surface area contributed by atoms with Crippen LogP contribution >= 0.6 is 11.3 Å². The van der Waals surface area contributed by atoms with E-state index < -0.39 is 0 Å². The van der Waals surface area contributed by atoms with Gasteiger partial charge in [0, 0.05) is 6.07 Å². The van der Waals surface area contributed by atoms with Crippen molar-refractivity contribution in [3.8, 4) is 6.07 Å². The van der Waals surface area contributed by atoms with Gasteiger partial charge < -0.3 is 0 Å². The average molecular weight is 265 g/mol. The fraction of sp³-hybridized carbons (Fsp3) is 0.125. The Morgan fingerprint density at radius 3 is 2.53 bits per heavy atom. The van der Waals surface area contributed by atoms with Gasteiger partial charge in [0.05, 0.1) is 18.1 Å². The number of thiazole rings is 1. The summed E-state index contributed by atoms with van der Waals surface area (Å²) in [6.07, 6.45) is 0.904. The van der Waals surface area contributed by atoms with E-state index in [4.69, 9.17) is 5.26 Å². The summed E-state index contributed by atoms with van der Waals surface area (Å²) in [5, 5.41) is 10.1. The molecule has 0 aliphatic carbocycles. The van der Waals surface area contributed by atoms with Crippen LogP contribution in [0.1, 0.15) is 16.1 Å². The Hall–Kier alpha value is -2.18. The second-order valence-electron chi connectivity index (χ2n) is 4.51. The summed E-state index contributed by atoms with van der Waals surface area (Å²) in [5.41, 5.74) is 3.22. The molecule has 0 atom stereocenters. The third kappa shape index (κ3) is 2.23. The lowest BCUT2D eigenvalue weighted by Gasteiger charge is -1.96. The molecule has 0 spiro atoms. The third-order valence-electron chi connectivity index (χ3n) is 3.27. The lowest BCUT2D eigenvalue weighted by molar-refractivity contribution is -0.647. The number of nitrogens with zero attached hydrogens (tertiary/aromatic N) is 2. The van der Waals surface area contributed by atoms with Gasteiger partial charge in [-0.3, -0.25) is 0 Å². The zero-order chi connectivity index (χ0) is 13.2. The van der Waals surface area contributed by atoms with E-state index in [-0.39, 0.29) is 0 Å². The van der Waals surface area contributed by atoms with E-state index in [9.17, 15) is 0 Å². The summed E-state index contributed by atoms with van der Waals surface area (Å²) in [5.74, 6) is 0. The summed E-state index contributed by atoms with van der Waals surface area (Å²) in [4.78, 5) is 0. The molecule has 2 aromatic carbocycles. The molecule has 2 nitrogen and oxygen atoms in total. The van der Waals surface area contributed by atoms with Crippen LogP contribution in [0.15, 0.2) is 48.5 Å². The van der Waals surface area contributed by atoms with Crippen LogP contribution in [0.4, 0.5) is 0 Å². The lowest BCUT2D eigenvalue weighted by Crippen LogP contribution is -2.30. The summed E-state index contributed by atoms with van der Waals surface area (Å²) in [6.45, 7) is 0. The van der Waals surface area contributed by atoms with Gasteiger partial charge in [0.1, 0.15) is 11.7 Å². The fourth-order valence-electron chi connectivity index (χ4n) is 2.18. The minimum Gasteiger partial charge on any atom is -0.192 e. The highest BCUT2D eigenvalue weighted by Gasteiger charge is 2.16. The Balaban J connectivity index is 1.96. The molecule has 3 rings (SSSR count). The monoisotopic (exact) mass is 265 g/mol. The Kier molecular flexibility index (Phi) is 3.02. The smallest absolute Gasteiger partial charge is 0.192 e. The van der Waals surface area contributed by atoms with E-state index in [1.165, 1.54) is 20.8 Å². The minimum absolute atomic E-state index is 0.712. The molecule has 0 radical (unpaired) electrons. The van der Waals surface area contributed by atoms with Crippen molar-refractivity contribution in [1.29, 1.82) is 5.26 Å². The van der Waals surface area contributed by atoms with Crippen LogP contribution < -0.4 is 4.57 Å². The zero-order valence-electron chi connectivity index (χ0n) is 10.6. The Labute approximate surface area is 116 Å². The van der Waals surface area contributed by atoms with E-state index in [0.717, 1.165) is 6.42 Å². The first-order valence-corrected chi connectivity index (χ1v) is 6.95. The summed E-state index contributed by atoms with van der Waals surface area (Å²) >= 11 is 1.83. The molecule has 0 saturated carbocycles. The molecule has 0 aliphatic rings. The van der Waals surface area contributed by atoms with Crippen LogP contribution in [0, 0.1) is 11.3 Å². The van der Waals surface area contributed by atoms with Crippen LogP contribution in [0.2, 0.25) is 0 Å². The molecule has 0 N–H and O–H groups in total. The second kappa shape index (κ2) is 4.83. The topological polar surface area (TPSA) is 27.7 Å². The van der Waals surface area contributed by atoms with Gasteiger partial charge >= 0.3 is 0 Å². The molecule has 1 heterocycles. The molecule has 0 unspecified atom stereocenters. The fourth-order valence-corrected chi connectivity index (χ4v) is 3.36. The van der Waals surface area contributed by atoms with E-state index in [2.05, 4.69) is 41.9 Å². The number of aryl methyl sites for hydroxylation is 1. The van der Waals surface area contributed by atoms with Crippen molar-refractivity contribution in [1.82, 2.24) is 0 Å². The first-order chi connectivity index (χ1) is 9.28. The lowest BCUT2D eigenvalue weighted by atomic mass is 10.1. The molecule has 3 heteroatoms. The maximum Gasteiger partial charge on any atom is 0.242 e. The standard InChI is InChI=1S/C16H13N2S/c1-18-14-4-2-3-5-15(14)19-16(18)10-12-6-8-13(11-17)9-7-12/h2-9H,10H2,1H3/q+1. The molecular weight excluding hydrogens is 252 g/mol. The van der Waals surface area contributed by atoms with Crippen molar-refractivity contribution in [2.75, 3.05) is 0 Å². The van der Waals surface area contributed by atoms with E-state index >= 15 is 0 Å². The van der Waals surface area contributed by atoms with Gasteiger partial charge in [0.25, 0.3) is 0 Å². The zero-order valence-corrected chi connectivity index (χ0v) is 11.4. The summed E-state index contributed by atoms with van der Waals surface area (Å²) in [7, 11) is 2.11. The number of hydrogen-bond acceptors (Lipinski definition) is 2. The minimum atomic E-state index is 0.712. The van der Waals surface area contributed by atoms with Crippen molar-refractivity contribution in [3.63, 3.8) is 0 Å². The van der Waals surface area contributed by atoms with Crippen molar-refractivity contribution in [2.45, 2.75) is 6.42 Å². The normalized spacial score (nSPS) is 10.5. The number of fused-ring (bicyclic) bond motifs is 1. The van der Waals surface area contributed by atoms with Gasteiger partial charge in [-0.2, -0.15) is 9.83 Å². The van der Waals surface area contributed by atoms with Crippen LogP contribution in [0.25, 0.3) is 10.2 Å². The van der Waals surface area contributed by atoms with Gasteiger partial charge in [-0.15, -0.1) is 0 Å². The van der Waals surface area contributed by atoms with Crippen LogP contribution in [-0.4, -0.2) is 0 Å². The molecule has 0 aliphatic heterocycles. The number of benzene rings is 2. The molecular formula is C16H13N2S+. The second-order valence-corrected chi connectivity index (χ2v) is 5.62. The Bertz CT molecular complexity index is 764. The van der Waals surface area contributed by atoms with Crippen molar-refractivity contribution in [3.05, 3.63) is 64.7 Å². The largest absolute Gasteiger partial charge is 0.242 e. The van der Waals surface area contributed by atoms with Gasteiger partial charge in [-0.25, -0.2) is 0 Å². The molecule has 0 bridgehead atoms. The molecule has 0 amide bonds. The summed E-state index contributed by atoms with van der Waals surface area (Å²) in [6, 6.07) is 18.4. The summed E-state index contributed by atoms with van der Waals surface area (Å²) < 4.78 is 3.56. The Morgan fingerprint density at radius 1 is 1.11 bits per heavy atom. The van der Waals surface area contributed by atoms with E-state index in [0.29, 0.717) is 5.56 Å². The number of hydrogen-bond donors (Lipinski definition) is 0. The Morgan fingerprint density at radius 2 is 1.84 bits per heavy atom. The SMILES string of the molecule is C[n+]1c(Cc2ccc(C#N)cc2)sc2ccccc21. The first-order valence-electron chi connectivity index (χ1n) is 6.13. The van der Waals surface area contributed by atoms with Gasteiger partial charge in [0.2, 0.25) is 10.5 Å². The van der Waals surface area contributed by atoms with Gasteiger partial charge in [0.15, 0.2) is 0 Å².